The van der Waals surface area contributed by atoms with Crippen molar-refractivity contribution in [1.29, 1.82) is 0 Å². The third kappa shape index (κ3) is 4.33. The van der Waals surface area contributed by atoms with E-state index in [1.54, 1.807) is 0 Å². The minimum Gasteiger partial charge on any atom is -0.396 e. The predicted molar refractivity (Wildman–Crippen MR) is 67.1 cm³/mol. The number of hydrogen-bond donors (Lipinski definition) is 3. The fourth-order valence-electron chi connectivity index (χ4n) is 1.89. The maximum absolute atomic E-state index is 13.6. The Morgan fingerprint density at radius 3 is 2.67 bits per heavy atom. The molecule has 102 valence electrons. The van der Waals surface area contributed by atoms with E-state index in [0.29, 0.717) is 12.0 Å². The van der Waals surface area contributed by atoms with Crippen LogP contribution >= 0.6 is 0 Å². The van der Waals surface area contributed by atoms with Crippen molar-refractivity contribution in [3.63, 3.8) is 0 Å². The van der Waals surface area contributed by atoms with Gasteiger partial charge in [0.25, 0.3) is 0 Å². The molecule has 0 amide bonds. The van der Waals surface area contributed by atoms with Crippen LogP contribution in [-0.4, -0.2) is 24.3 Å². The Bertz CT molecular complexity index is 374. The summed E-state index contributed by atoms with van der Waals surface area (Å²) in [6.07, 6.45) is 1.45. The number of benzene rings is 1. The Labute approximate surface area is 106 Å². The normalized spacial score (nSPS) is 14.5. The third-order valence-corrected chi connectivity index (χ3v) is 2.85. The van der Waals surface area contributed by atoms with Gasteiger partial charge >= 0.3 is 0 Å². The van der Waals surface area contributed by atoms with Crippen molar-refractivity contribution in [3.8, 4) is 0 Å². The summed E-state index contributed by atoms with van der Waals surface area (Å²) in [7, 11) is 0. The number of aliphatic hydroxyl groups is 1. The molecule has 0 heterocycles. The van der Waals surface area contributed by atoms with Gasteiger partial charge in [-0.15, -0.1) is 0 Å². The smallest absolute Gasteiger partial charge is 0.130 e. The molecule has 1 aromatic rings. The Kier molecular flexibility index (Phi) is 6.18. The molecule has 1 aromatic carbocycles. The molecule has 0 aromatic heterocycles. The first-order chi connectivity index (χ1) is 8.58. The minimum atomic E-state index is -0.597. The highest BCUT2D eigenvalue weighted by Crippen LogP contribution is 2.18. The molecule has 18 heavy (non-hydrogen) atoms. The molecular weight excluding hydrogens is 238 g/mol. The quantitative estimate of drug-likeness (QED) is 0.698. The van der Waals surface area contributed by atoms with E-state index < -0.39 is 11.6 Å². The molecule has 0 radical (unpaired) electrons. The molecule has 2 unspecified atom stereocenters. The molecule has 0 spiro atoms. The van der Waals surface area contributed by atoms with Crippen molar-refractivity contribution in [2.75, 3.05) is 13.2 Å². The Balaban J connectivity index is 2.70. The van der Waals surface area contributed by atoms with E-state index in [0.717, 1.165) is 12.5 Å². The van der Waals surface area contributed by atoms with Crippen LogP contribution in [0.15, 0.2) is 18.2 Å². The van der Waals surface area contributed by atoms with Crippen molar-refractivity contribution < 1.29 is 13.9 Å². The van der Waals surface area contributed by atoms with Crippen molar-refractivity contribution in [1.82, 2.24) is 5.32 Å². The van der Waals surface area contributed by atoms with Gasteiger partial charge in [-0.05, 0) is 25.8 Å². The van der Waals surface area contributed by atoms with E-state index in [4.69, 9.17) is 10.8 Å². The molecule has 3 nitrogen and oxygen atoms in total. The molecule has 0 saturated heterocycles. The van der Waals surface area contributed by atoms with E-state index >= 15 is 0 Å². The van der Waals surface area contributed by atoms with Crippen LogP contribution in [0.2, 0.25) is 0 Å². The number of halogens is 2. The van der Waals surface area contributed by atoms with Gasteiger partial charge in [-0.3, -0.25) is 0 Å². The van der Waals surface area contributed by atoms with E-state index in [-0.39, 0.29) is 25.2 Å². The van der Waals surface area contributed by atoms with Crippen molar-refractivity contribution >= 4 is 0 Å². The van der Waals surface area contributed by atoms with Gasteiger partial charge in [0.2, 0.25) is 0 Å². The highest BCUT2D eigenvalue weighted by Gasteiger charge is 2.16. The molecular formula is C13H20F2N2O. The van der Waals surface area contributed by atoms with Crippen molar-refractivity contribution in [2.45, 2.75) is 31.8 Å². The number of aliphatic hydroxyl groups excluding tert-OH is 1. The maximum Gasteiger partial charge on any atom is 0.130 e. The van der Waals surface area contributed by atoms with Gasteiger partial charge in [0.15, 0.2) is 0 Å². The first-order valence-corrected chi connectivity index (χ1v) is 6.10. The summed E-state index contributed by atoms with van der Waals surface area (Å²) in [4.78, 5) is 0. The van der Waals surface area contributed by atoms with E-state index in [2.05, 4.69) is 5.32 Å². The van der Waals surface area contributed by atoms with Gasteiger partial charge in [0, 0.05) is 36.9 Å². The zero-order valence-electron chi connectivity index (χ0n) is 10.5. The molecule has 0 saturated carbocycles. The lowest BCUT2D eigenvalue weighted by Crippen LogP contribution is -2.35. The van der Waals surface area contributed by atoms with Crippen LogP contribution in [0.1, 0.15) is 31.4 Å². The highest BCUT2D eigenvalue weighted by atomic mass is 19.1. The average Bonchev–Trinajstić information content (AvgIpc) is 2.34. The maximum atomic E-state index is 13.6. The minimum absolute atomic E-state index is 0.107. The summed E-state index contributed by atoms with van der Waals surface area (Å²) in [6.45, 7) is 2.30. The van der Waals surface area contributed by atoms with Gasteiger partial charge in [-0.25, -0.2) is 8.78 Å². The second-order valence-corrected chi connectivity index (χ2v) is 4.39. The highest BCUT2D eigenvalue weighted by molar-refractivity contribution is 5.22. The molecule has 0 fully saturated rings. The summed E-state index contributed by atoms with van der Waals surface area (Å²) in [5.41, 5.74) is 5.99. The molecule has 4 N–H and O–H groups in total. The number of nitrogens with one attached hydrogen (secondary N) is 1. The van der Waals surface area contributed by atoms with E-state index in [1.807, 2.05) is 6.92 Å². The zero-order valence-corrected chi connectivity index (χ0v) is 10.5. The van der Waals surface area contributed by atoms with Crippen molar-refractivity contribution in [2.24, 2.45) is 5.73 Å². The van der Waals surface area contributed by atoms with Gasteiger partial charge in [-0.2, -0.15) is 0 Å². The third-order valence-electron chi connectivity index (χ3n) is 2.85. The summed E-state index contributed by atoms with van der Waals surface area (Å²) in [6, 6.07) is 3.25. The van der Waals surface area contributed by atoms with Gasteiger partial charge in [0.05, 0.1) is 0 Å². The number of rotatable bonds is 7. The fraction of sp³-hybridized carbons (Fsp3) is 0.538. The lowest BCUT2D eigenvalue weighted by molar-refractivity contribution is 0.273. The first kappa shape index (κ1) is 15.0. The topological polar surface area (TPSA) is 58.3 Å². The van der Waals surface area contributed by atoms with Crippen LogP contribution in [-0.2, 0) is 0 Å². The molecule has 1 rings (SSSR count). The lowest BCUT2D eigenvalue weighted by Gasteiger charge is -2.22. The van der Waals surface area contributed by atoms with Gasteiger partial charge < -0.3 is 16.2 Å². The largest absolute Gasteiger partial charge is 0.396 e. The number of nitrogens with two attached hydrogens (primary N) is 1. The summed E-state index contributed by atoms with van der Waals surface area (Å²) in [5, 5.41) is 11.9. The van der Waals surface area contributed by atoms with Crippen molar-refractivity contribution in [3.05, 3.63) is 35.4 Å². The second-order valence-electron chi connectivity index (χ2n) is 4.39. The molecule has 0 aliphatic carbocycles. The number of hydrogen-bond acceptors (Lipinski definition) is 3. The summed E-state index contributed by atoms with van der Waals surface area (Å²) >= 11 is 0. The molecule has 5 heteroatoms. The lowest BCUT2D eigenvalue weighted by atomic mass is 10.0. The Hall–Kier alpha value is -1.04. The van der Waals surface area contributed by atoms with Crippen LogP contribution < -0.4 is 11.1 Å². The average molecular weight is 258 g/mol. The van der Waals surface area contributed by atoms with Gasteiger partial charge in [-0.1, -0.05) is 6.07 Å². The van der Waals surface area contributed by atoms with E-state index in [1.165, 1.54) is 12.1 Å². The second kappa shape index (κ2) is 7.41. The van der Waals surface area contributed by atoms with Crippen LogP contribution in [0.4, 0.5) is 8.78 Å². The van der Waals surface area contributed by atoms with Crippen LogP contribution in [0.5, 0.6) is 0 Å². The Morgan fingerprint density at radius 1 is 1.39 bits per heavy atom. The summed E-state index contributed by atoms with van der Waals surface area (Å²) < 4.78 is 26.4. The Morgan fingerprint density at radius 2 is 2.11 bits per heavy atom. The summed E-state index contributed by atoms with van der Waals surface area (Å²) in [5.74, 6) is -1.19. The molecule has 0 bridgehead atoms. The SMILES string of the molecule is CC(CCCO)NC(CN)c1ccc(F)cc1F. The van der Waals surface area contributed by atoms with Crippen LogP contribution in [0, 0.1) is 11.6 Å². The molecule has 2 atom stereocenters. The molecule has 0 aliphatic heterocycles. The van der Waals surface area contributed by atoms with Gasteiger partial charge in [0.1, 0.15) is 11.6 Å². The monoisotopic (exact) mass is 258 g/mol. The van der Waals surface area contributed by atoms with E-state index in [9.17, 15) is 8.78 Å². The van der Waals surface area contributed by atoms with Crippen LogP contribution in [0.25, 0.3) is 0 Å². The molecule has 0 aliphatic rings. The fourth-order valence-corrected chi connectivity index (χ4v) is 1.89. The van der Waals surface area contributed by atoms with Crippen LogP contribution in [0.3, 0.4) is 0 Å². The predicted octanol–water partition coefficient (Wildman–Crippen LogP) is 1.72. The first-order valence-electron chi connectivity index (χ1n) is 6.10. The zero-order chi connectivity index (χ0) is 13.5. The standard InChI is InChI=1S/C13H20F2N2O/c1-9(3-2-6-18)17-13(8-16)11-5-4-10(14)7-12(11)15/h4-5,7,9,13,17-18H,2-3,6,8,16H2,1H3.